The van der Waals surface area contributed by atoms with Crippen LogP contribution in [0.3, 0.4) is 0 Å². The lowest BCUT2D eigenvalue weighted by Crippen LogP contribution is -2.57. The minimum Gasteiger partial charge on any atom is -0.462 e. The van der Waals surface area contributed by atoms with Gasteiger partial charge in [0, 0.05) is 10.9 Å². The van der Waals surface area contributed by atoms with Gasteiger partial charge in [0.2, 0.25) is 0 Å². The highest BCUT2D eigenvalue weighted by Crippen LogP contribution is 2.61. The van der Waals surface area contributed by atoms with Gasteiger partial charge in [-0.1, -0.05) is 6.92 Å². The van der Waals surface area contributed by atoms with Gasteiger partial charge in [0.15, 0.2) is 5.11 Å². The minimum atomic E-state index is -0.208. The smallest absolute Gasteiger partial charge is 0.341 e. The molecule has 6 rings (SSSR count). The number of esters is 1. The quantitative estimate of drug-likeness (QED) is 0.398. The fraction of sp³-hybridized carbons (Fsp3) is 0.760. The number of anilines is 1. The Morgan fingerprint density at radius 3 is 2.39 bits per heavy atom. The molecule has 0 aromatic carbocycles. The number of thiocarbonyl (C=S) groups is 1. The van der Waals surface area contributed by atoms with Crippen LogP contribution in [0.25, 0.3) is 0 Å². The fourth-order valence-electron chi connectivity index (χ4n) is 7.66. The van der Waals surface area contributed by atoms with Crippen LogP contribution in [0.2, 0.25) is 0 Å². The Kier molecular flexibility index (Phi) is 6.06. The van der Waals surface area contributed by atoms with Crippen LogP contribution >= 0.6 is 23.6 Å². The Hall–Kier alpha value is -1.14. The van der Waals surface area contributed by atoms with Crippen molar-refractivity contribution in [1.29, 1.82) is 0 Å². The molecule has 1 unspecified atom stereocenters. The van der Waals surface area contributed by atoms with Gasteiger partial charge in [0.1, 0.15) is 5.00 Å². The monoisotopic (exact) mass is 460 g/mol. The van der Waals surface area contributed by atoms with Crippen LogP contribution in [0.5, 0.6) is 0 Å². The highest BCUT2D eigenvalue weighted by molar-refractivity contribution is 7.80. The maximum atomic E-state index is 12.8. The molecule has 4 fully saturated rings. The number of rotatable bonds is 6. The Morgan fingerprint density at radius 2 is 1.77 bits per heavy atom. The maximum Gasteiger partial charge on any atom is 0.341 e. The van der Waals surface area contributed by atoms with Gasteiger partial charge in [-0.2, -0.15) is 0 Å². The van der Waals surface area contributed by atoms with Crippen LogP contribution < -0.4 is 10.6 Å². The zero-order chi connectivity index (χ0) is 21.6. The average molecular weight is 461 g/mol. The number of nitrogens with one attached hydrogen (secondary N) is 2. The van der Waals surface area contributed by atoms with E-state index in [2.05, 4.69) is 17.6 Å². The zero-order valence-corrected chi connectivity index (χ0v) is 20.6. The van der Waals surface area contributed by atoms with Crippen molar-refractivity contribution in [2.75, 3.05) is 11.9 Å². The van der Waals surface area contributed by atoms with Gasteiger partial charge < -0.3 is 15.4 Å². The first kappa shape index (κ1) is 21.7. The number of aryl methyl sites for hydroxylation is 1. The second kappa shape index (κ2) is 8.66. The van der Waals surface area contributed by atoms with E-state index < -0.39 is 0 Å². The molecule has 2 N–H and O–H groups in total. The molecule has 0 aliphatic heterocycles. The van der Waals surface area contributed by atoms with Crippen molar-refractivity contribution in [3.8, 4) is 0 Å². The summed E-state index contributed by atoms with van der Waals surface area (Å²) >= 11 is 7.52. The first-order valence-corrected chi connectivity index (χ1v) is 13.6. The summed E-state index contributed by atoms with van der Waals surface area (Å²) in [5.41, 5.74) is 2.33. The van der Waals surface area contributed by atoms with Crippen LogP contribution in [0, 0.1) is 23.2 Å². The summed E-state index contributed by atoms with van der Waals surface area (Å²) in [6.45, 7) is 4.57. The molecule has 0 spiro atoms. The van der Waals surface area contributed by atoms with E-state index in [9.17, 15) is 4.79 Å². The second-order valence-corrected chi connectivity index (χ2v) is 12.0. The molecule has 4 bridgehead atoms. The molecule has 4 saturated carbocycles. The Balaban J connectivity index is 1.33. The van der Waals surface area contributed by atoms with Crippen molar-refractivity contribution >= 4 is 39.6 Å². The van der Waals surface area contributed by atoms with Crippen LogP contribution in [-0.4, -0.2) is 23.7 Å². The summed E-state index contributed by atoms with van der Waals surface area (Å²) < 4.78 is 5.41. The number of ether oxygens (including phenoxy) is 1. The third-order valence-corrected chi connectivity index (χ3v) is 9.84. The topological polar surface area (TPSA) is 50.4 Å². The standard InChI is InChI=1S/C25H36N2O2S2/c1-3-20(25-12-15-9-16(13-25)11-17(10-15)14-25)26-24(30)27-22-21(23(28)29-4-2)18-7-5-6-8-19(18)31-22/h15-17,20H,3-14H2,1-2H3,(H2,26,27,30). The van der Waals surface area contributed by atoms with E-state index in [-0.39, 0.29) is 5.97 Å². The fourth-order valence-corrected chi connectivity index (χ4v) is 9.25. The van der Waals surface area contributed by atoms with Crippen molar-refractivity contribution in [2.45, 2.75) is 90.5 Å². The molecule has 1 atom stereocenters. The molecule has 5 aliphatic rings. The predicted molar refractivity (Wildman–Crippen MR) is 131 cm³/mol. The Morgan fingerprint density at radius 1 is 1.13 bits per heavy atom. The molecule has 0 amide bonds. The van der Waals surface area contributed by atoms with Crippen molar-refractivity contribution in [3.63, 3.8) is 0 Å². The molecular weight excluding hydrogens is 424 g/mol. The summed E-state index contributed by atoms with van der Waals surface area (Å²) in [6.07, 6.45) is 13.9. The zero-order valence-electron chi connectivity index (χ0n) is 18.9. The van der Waals surface area contributed by atoms with E-state index in [0.717, 1.165) is 54.0 Å². The van der Waals surface area contributed by atoms with E-state index in [1.807, 2.05) is 6.92 Å². The molecule has 1 aromatic heterocycles. The van der Waals surface area contributed by atoms with Crippen LogP contribution in [0.15, 0.2) is 0 Å². The largest absolute Gasteiger partial charge is 0.462 e. The van der Waals surface area contributed by atoms with Crippen molar-refractivity contribution in [2.24, 2.45) is 23.2 Å². The highest BCUT2D eigenvalue weighted by atomic mass is 32.1. The minimum absolute atomic E-state index is 0.208. The van der Waals surface area contributed by atoms with E-state index in [1.54, 1.807) is 11.3 Å². The molecule has 31 heavy (non-hydrogen) atoms. The van der Waals surface area contributed by atoms with E-state index in [0.29, 0.717) is 23.2 Å². The molecule has 6 heteroatoms. The Bertz CT molecular complexity index is 827. The third-order valence-electron chi connectivity index (χ3n) is 8.42. The Labute approximate surface area is 195 Å². The van der Waals surface area contributed by atoms with Gasteiger partial charge in [-0.3, -0.25) is 0 Å². The van der Waals surface area contributed by atoms with Gasteiger partial charge >= 0.3 is 5.97 Å². The normalized spacial score (nSPS) is 31.7. The molecule has 1 heterocycles. The van der Waals surface area contributed by atoms with E-state index >= 15 is 0 Å². The molecule has 1 aromatic rings. The van der Waals surface area contributed by atoms with Crippen molar-refractivity contribution in [3.05, 3.63) is 16.0 Å². The van der Waals surface area contributed by atoms with Gasteiger partial charge in [0.25, 0.3) is 0 Å². The summed E-state index contributed by atoms with van der Waals surface area (Å²) in [4.78, 5) is 14.1. The summed E-state index contributed by atoms with van der Waals surface area (Å²) in [7, 11) is 0. The molecule has 4 nitrogen and oxygen atoms in total. The van der Waals surface area contributed by atoms with Gasteiger partial charge in [-0.25, -0.2) is 4.79 Å². The number of hydrogen-bond donors (Lipinski definition) is 2. The molecule has 0 radical (unpaired) electrons. The lowest BCUT2D eigenvalue weighted by atomic mass is 9.47. The lowest BCUT2D eigenvalue weighted by molar-refractivity contribution is -0.0710. The van der Waals surface area contributed by atoms with E-state index in [4.69, 9.17) is 17.0 Å². The van der Waals surface area contributed by atoms with Crippen molar-refractivity contribution in [1.82, 2.24) is 5.32 Å². The molecular formula is C25H36N2O2S2. The molecule has 0 saturated heterocycles. The van der Waals surface area contributed by atoms with Crippen LogP contribution in [0.4, 0.5) is 5.00 Å². The summed E-state index contributed by atoms with van der Waals surface area (Å²) in [5, 5.41) is 8.72. The lowest BCUT2D eigenvalue weighted by Gasteiger charge is -2.59. The van der Waals surface area contributed by atoms with Gasteiger partial charge in [-0.05, 0) is 119 Å². The van der Waals surface area contributed by atoms with E-state index in [1.165, 1.54) is 55.4 Å². The number of hydrogen-bond acceptors (Lipinski definition) is 4. The second-order valence-electron chi connectivity index (χ2n) is 10.5. The van der Waals surface area contributed by atoms with Crippen LogP contribution in [0.1, 0.15) is 92.4 Å². The van der Waals surface area contributed by atoms with Gasteiger partial charge in [-0.15, -0.1) is 11.3 Å². The van der Waals surface area contributed by atoms with Crippen molar-refractivity contribution < 1.29 is 9.53 Å². The van der Waals surface area contributed by atoms with Crippen LogP contribution in [-0.2, 0) is 17.6 Å². The maximum absolute atomic E-state index is 12.8. The summed E-state index contributed by atoms with van der Waals surface area (Å²) in [5.74, 6) is 2.59. The van der Waals surface area contributed by atoms with Gasteiger partial charge in [0.05, 0.1) is 12.2 Å². The number of fused-ring (bicyclic) bond motifs is 1. The predicted octanol–water partition coefficient (Wildman–Crippen LogP) is 6.09. The summed E-state index contributed by atoms with van der Waals surface area (Å²) in [6, 6.07) is 0.418. The average Bonchev–Trinajstić information content (AvgIpc) is 3.08. The molecule has 5 aliphatic carbocycles. The number of carbonyl (C=O) groups excluding carboxylic acids is 1. The number of carbonyl (C=O) groups is 1. The highest BCUT2D eigenvalue weighted by Gasteiger charge is 2.53. The number of thiophene rings is 1. The SMILES string of the molecule is CCOC(=O)c1c(NC(=S)NC(CC)C23CC4CC(CC(C4)C2)C3)sc2c1CCCC2. The first-order valence-electron chi connectivity index (χ1n) is 12.4. The first-order chi connectivity index (χ1) is 15.0. The third kappa shape index (κ3) is 4.03. The molecule has 170 valence electrons.